The fourth-order valence-electron chi connectivity index (χ4n) is 2.67. The van der Waals surface area contributed by atoms with Gasteiger partial charge in [-0.15, -0.1) is 0 Å². The number of hydrogen-bond acceptors (Lipinski definition) is 5. The molecule has 1 atom stereocenters. The summed E-state index contributed by atoms with van der Waals surface area (Å²) in [6.45, 7) is 3.80. The molecule has 0 saturated carbocycles. The molecule has 8 nitrogen and oxygen atoms in total. The largest absolute Gasteiger partial charge is 0.491 e. The van der Waals surface area contributed by atoms with E-state index in [1.807, 2.05) is 0 Å². The number of aliphatic imine (C=N–C) groups is 1. The lowest BCUT2D eigenvalue weighted by atomic mass is 10.2. The minimum atomic E-state index is -0.596. The zero-order valence-corrected chi connectivity index (χ0v) is 18.9. The van der Waals surface area contributed by atoms with Crippen LogP contribution in [0.2, 0.25) is 5.02 Å². The number of guanidine groups is 1. The van der Waals surface area contributed by atoms with Crippen LogP contribution >= 0.6 is 11.6 Å². The normalized spacial score (nSPS) is 12.1. The molecule has 0 heterocycles. The second kappa shape index (κ2) is 11.9. The SMILES string of the molecule is CCOc1ccc(N=C(N)N(Cc2ccc(Cl)cc2)C(=O)NC[C@H](C)C(=O)OC)cc1F. The highest BCUT2D eigenvalue weighted by Crippen LogP contribution is 2.23. The van der Waals surface area contributed by atoms with Crippen molar-refractivity contribution >= 4 is 35.2 Å². The molecule has 2 aromatic carbocycles. The van der Waals surface area contributed by atoms with E-state index in [0.29, 0.717) is 11.6 Å². The molecule has 3 N–H and O–H groups in total. The first-order valence-electron chi connectivity index (χ1n) is 9.89. The minimum absolute atomic E-state index is 0.0353. The van der Waals surface area contributed by atoms with Crippen LogP contribution in [-0.4, -0.2) is 43.1 Å². The Kier molecular flexibility index (Phi) is 9.27. The van der Waals surface area contributed by atoms with Gasteiger partial charge in [0.25, 0.3) is 0 Å². The van der Waals surface area contributed by atoms with Crippen LogP contribution in [-0.2, 0) is 16.1 Å². The summed E-state index contributed by atoms with van der Waals surface area (Å²) in [5, 5.41) is 3.18. The van der Waals surface area contributed by atoms with Crippen LogP contribution in [0.1, 0.15) is 19.4 Å². The van der Waals surface area contributed by atoms with E-state index < -0.39 is 23.7 Å². The van der Waals surface area contributed by atoms with Gasteiger partial charge in [0.2, 0.25) is 5.96 Å². The molecule has 172 valence electrons. The maximum atomic E-state index is 14.2. The lowest BCUT2D eigenvalue weighted by molar-refractivity contribution is -0.144. The summed E-state index contributed by atoms with van der Waals surface area (Å²) in [5.74, 6) is -1.67. The number of nitrogens with zero attached hydrogens (tertiary/aromatic N) is 2. The van der Waals surface area contributed by atoms with Crippen LogP contribution in [0.3, 0.4) is 0 Å². The molecule has 0 aliphatic carbocycles. The summed E-state index contributed by atoms with van der Waals surface area (Å²) in [5.41, 5.74) is 7.06. The highest BCUT2D eigenvalue weighted by Gasteiger charge is 2.21. The van der Waals surface area contributed by atoms with Crippen LogP contribution in [0.15, 0.2) is 47.5 Å². The zero-order chi connectivity index (χ0) is 23.7. The fourth-order valence-corrected chi connectivity index (χ4v) is 2.80. The van der Waals surface area contributed by atoms with E-state index in [1.165, 1.54) is 24.1 Å². The first kappa shape index (κ1) is 24.9. The predicted octanol–water partition coefficient (Wildman–Crippen LogP) is 3.84. The summed E-state index contributed by atoms with van der Waals surface area (Å²) < 4.78 is 24.0. The third kappa shape index (κ3) is 7.12. The number of hydrogen-bond donors (Lipinski definition) is 2. The molecule has 0 spiro atoms. The summed E-state index contributed by atoms with van der Waals surface area (Å²) in [4.78, 5) is 29.8. The van der Waals surface area contributed by atoms with Crippen molar-refractivity contribution in [1.82, 2.24) is 10.2 Å². The van der Waals surface area contributed by atoms with Gasteiger partial charge in [-0.1, -0.05) is 30.7 Å². The quantitative estimate of drug-likeness (QED) is 0.350. The highest BCUT2D eigenvalue weighted by atomic mass is 35.5. The maximum absolute atomic E-state index is 14.2. The van der Waals surface area contributed by atoms with E-state index in [2.05, 4.69) is 15.0 Å². The Labute approximate surface area is 191 Å². The Morgan fingerprint density at radius 1 is 1.25 bits per heavy atom. The van der Waals surface area contributed by atoms with Gasteiger partial charge in [0, 0.05) is 17.6 Å². The average molecular weight is 465 g/mol. The predicted molar refractivity (Wildman–Crippen MR) is 120 cm³/mol. The Morgan fingerprint density at radius 3 is 2.53 bits per heavy atom. The van der Waals surface area contributed by atoms with E-state index in [1.54, 1.807) is 38.1 Å². The highest BCUT2D eigenvalue weighted by molar-refractivity contribution is 6.30. The number of benzene rings is 2. The molecule has 0 aliphatic rings. The van der Waals surface area contributed by atoms with E-state index in [0.717, 1.165) is 11.6 Å². The van der Waals surface area contributed by atoms with Gasteiger partial charge in [0.15, 0.2) is 11.6 Å². The number of nitrogens with one attached hydrogen (secondary N) is 1. The molecule has 0 aromatic heterocycles. The molecule has 0 aliphatic heterocycles. The Hall–Kier alpha value is -3.33. The van der Waals surface area contributed by atoms with Crippen molar-refractivity contribution in [2.45, 2.75) is 20.4 Å². The van der Waals surface area contributed by atoms with E-state index >= 15 is 0 Å². The van der Waals surface area contributed by atoms with E-state index in [9.17, 15) is 14.0 Å². The molecular formula is C22H26ClFN4O4. The summed E-state index contributed by atoms with van der Waals surface area (Å²) in [7, 11) is 1.27. The third-order valence-electron chi connectivity index (χ3n) is 4.40. The van der Waals surface area contributed by atoms with Gasteiger partial charge in [-0.2, -0.15) is 0 Å². The fraction of sp³-hybridized carbons (Fsp3) is 0.318. The minimum Gasteiger partial charge on any atom is -0.491 e. The van der Waals surface area contributed by atoms with Crippen LogP contribution in [0, 0.1) is 11.7 Å². The van der Waals surface area contributed by atoms with Gasteiger partial charge in [0.1, 0.15) is 0 Å². The number of ether oxygens (including phenoxy) is 2. The number of methoxy groups -OCH3 is 1. The molecule has 2 rings (SSSR count). The van der Waals surface area contributed by atoms with Gasteiger partial charge in [0.05, 0.1) is 31.9 Å². The third-order valence-corrected chi connectivity index (χ3v) is 4.65. The van der Waals surface area contributed by atoms with Gasteiger partial charge in [-0.3, -0.25) is 9.69 Å². The molecule has 0 saturated heterocycles. The van der Waals surface area contributed by atoms with Gasteiger partial charge >= 0.3 is 12.0 Å². The Balaban J connectivity index is 2.26. The van der Waals surface area contributed by atoms with Crippen molar-refractivity contribution in [3.63, 3.8) is 0 Å². The van der Waals surface area contributed by atoms with Crippen molar-refractivity contribution in [1.29, 1.82) is 0 Å². The van der Waals surface area contributed by atoms with E-state index in [-0.39, 0.29) is 30.5 Å². The summed E-state index contributed by atoms with van der Waals surface area (Å²) in [6.07, 6.45) is 0. The Bertz CT molecular complexity index is 969. The van der Waals surface area contributed by atoms with Crippen LogP contribution in [0.5, 0.6) is 5.75 Å². The van der Waals surface area contributed by atoms with Crippen LogP contribution in [0.25, 0.3) is 0 Å². The molecule has 0 fully saturated rings. The molecule has 10 heteroatoms. The first-order valence-corrected chi connectivity index (χ1v) is 10.3. The lowest BCUT2D eigenvalue weighted by Gasteiger charge is -2.23. The Morgan fingerprint density at radius 2 is 1.94 bits per heavy atom. The molecule has 2 amide bonds. The number of carbonyl (C=O) groups excluding carboxylic acids is 2. The number of nitrogens with two attached hydrogens (primary N) is 1. The standard InChI is InChI=1S/C22H26ClFN4O4/c1-4-32-19-10-9-17(11-18(19)24)27-21(25)28(13-15-5-7-16(23)8-6-15)22(30)26-12-14(2)20(29)31-3/h5-11,14H,4,12-13H2,1-3H3,(H2,25,27)(H,26,30)/t14-/m0/s1. The number of urea groups is 1. The second-order valence-electron chi connectivity index (χ2n) is 6.84. The van der Waals surface area contributed by atoms with Gasteiger partial charge in [-0.25, -0.2) is 14.2 Å². The number of halogens is 2. The first-order chi connectivity index (χ1) is 15.2. The summed E-state index contributed by atoms with van der Waals surface area (Å²) in [6, 6.07) is 10.4. The van der Waals surface area contributed by atoms with Crippen LogP contribution in [0.4, 0.5) is 14.9 Å². The molecular weight excluding hydrogens is 439 g/mol. The molecule has 0 bridgehead atoms. The monoisotopic (exact) mass is 464 g/mol. The van der Waals surface area contributed by atoms with Crippen molar-refractivity contribution < 1.29 is 23.5 Å². The van der Waals surface area contributed by atoms with Gasteiger partial charge in [-0.05, 0) is 36.8 Å². The van der Waals surface area contributed by atoms with Gasteiger partial charge < -0.3 is 20.5 Å². The number of carbonyl (C=O) groups is 2. The van der Waals surface area contributed by atoms with Crippen molar-refractivity contribution in [2.75, 3.05) is 20.3 Å². The van der Waals surface area contributed by atoms with Crippen molar-refractivity contribution in [3.8, 4) is 5.75 Å². The molecule has 32 heavy (non-hydrogen) atoms. The molecule has 0 radical (unpaired) electrons. The van der Waals surface area contributed by atoms with Crippen LogP contribution < -0.4 is 15.8 Å². The second-order valence-corrected chi connectivity index (χ2v) is 7.28. The number of rotatable bonds is 8. The topological polar surface area (TPSA) is 106 Å². The lowest BCUT2D eigenvalue weighted by Crippen LogP contribution is -2.48. The average Bonchev–Trinajstić information content (AvgIpc) is 2.78. The number of amides is 2. The maximum Gasteiger partial charge on any atom is 0.324 e. The van der Waals surface area contributed by atoms with E-state index in [4.69, 9.17) is 22.1 Å². The molecule has 2 aromatic rings. The van der Waals surface area contributed by atoms with Crippen molar-refractivity contribution in [2.24, 2.45) is 16.6 Å². The molecule has 0 unspecified atom stereocenters. The zero-order valence-electron chi connectivity index (χ0n) is 18.1. The number of esters is 1. The smallest absolute Gasteiger partial charge is 0.324 e. The van der Waals surface area contributed by atoms with Crippen molar-refractivity contribution in [3.05, 3.63) is 58.9 Å². The summed E-state index contributed by atoms with van der Waals surface area (Å²) >= 11 is 5.93.